The first kappa shape index (κ1) is 13.2. The van der Waals surface area contributed by atoms with E-state index in [1.165, 1.54) is 22.7 Å². The maximum atomic E-state index is 11.9. The van der Waals surface area contributed by atoms with Gasteiger partial charge in [-0.3, -0.25) is 4.79 Å². The van der Waals surface area contributed by atoms with Gasteiger partial charge in [-0.15, -0.1) is 11.3 Å². The molecule has 6 heteroatoms. The first-order valence-electron chi connectivity index (χ1n) is 5.44. The molecule has 1 atom stereocenters. The lowest BCUT2D eigenvalue weighted by atomic mass is 9.99. The molecule has 2 aromatic rings. The van der Waals surface area contributed by atoms with Crippen molar-refractivity contribution in [3.05, 3.63) is 38.5 Å². The summed E-state index contributed by atoms with van der Waals surface area (Å²) in [7, 11) is 0. The number of hydrogen-bond acceptors (Lipinski definition) is 5. The Kier molecular flexibility index (Phi) is 3.79. The largest absolute Gasteiger partial charge is 0.384 e. The van der Waals surface area contributed by atoms with E-state index in [1.54, 1.807) is 19.4 Å². The molecule has 0 saturated carbocycles. The zero-order valence-corrected chi connectivity index (χ0v) is 11.8. The summed E-state index contributed by atoms with van der Waals surface area (Å²) in [6.45, 7) is 3.66. The van der Waals surface area contributed by atoms with Crippen LogP contribution in [-0.2, 0) is 5.60 Å². The number of rotatable bonds is 4. The van der Waals surface area contributed by atoms with Crippen LogP contribution in [0, 0.1) is 6.92 Å². The van der Waals surface area contributed by atoms with E-state index < -0.39 is 5.60 Å². The van der Waals surface area contributed by atoms with Gasteiger partial charge in [-0.1, -0.05) is 0 Å². The Morgan fingerprint density at radius 1 is 1.61 bits per heavy atom. The van der Waals surface area contributed by atoms with Crippen molar-refractivity contribution in [2.24, 2.45) is 0 Å². The molecule has 0 aromatic carbocycles. The zero-order chi connectivity index (χ0) is 13.2. The fourth-order valence-corrected chi connectivity index (χ4v) is 3.03. The Labute approximate surface area is 113 Å². The van der Waals surface area contributed by atoms with Gasteiger partial charge in [0.25, 0.3) is 5.91 Å². The van der Waals surface area contributed by atoms with E-state index in [0.29, 0.717) is 10.6 Å². The number of carbonyl (C=O) groups excluding carboxylic acids is 1. The minimum atomic E-state index is -1.05. The zero-order valence-electron chi connectivity index (χ0n) is 10.1. The molecule has 2 heterocycles. The van der Waals surface area contributed by atoms with E-state index in [-0.39, 0.29) is 12.5 Å². The summed E-state index contributed by atoms with van der Waals surface area (Å²) in [6, 6.07) is 1.86. The fraction of sp³-hybridized carbons (Fsp3) is 0.333. The highest BCUT2D eigenvalue weighted by atomic mass is 32.1. The van der Waals surface area contributed by atoms with Crippen LogP contribution in [0.1, 0.15) is 27.9 Å². The van der Waals surface area contributed by atoms with Gasteiger partial charge in [0.15, 0.2) is 0 Å². The lowest BCUT2D eigenvalue weighted by Gasteiger charge is -2.22. The first-order valence-corrected chi connectivity index (χ1v) is 7.26. The Morgan fingerprint density at radius 3 is 2.94 bits per heavy atom. The minimum Gasteiger partial charge on any atom is -0.384 e. The van der Waals surface area contributed by atoms with Crippen molar-refractivity contribution in [2.45, 2.75) is 19.4 Å². The highest BCUT2D eigenvalue weighted by Crippen LogP contribution is 2.22. The minimum absolute atomic E-state index is 0.180. The predicted molar refractivity (Wildman–Crippen MR) is 73.1 cm³/mol. The van der Waals surface area contributed by atoms with Crippen LogP contribution in [-0.4, -0.2) is 22.5 Å². The topological polar surface area (TPSA) is 62.2 Å². The second kappa shape index (κ2) is 5.17. The number of hydrogen-bond donors (Lipinski definition) is 2. The summed E-state index contributed by atoms with van der Waals surface area (Å²) in [4.78, 5) is 16.5. The van der Waals surface area contributed by atoms with Crippen molar-refractivity contribution in [1.82, 2.24) is 10.3 Å². The molecular weight excluding hydrogens is 268 g/mol. The highest BCUT2D eigenvalue weighted by molar-refractivity contribution is 7.11. The highest BCUT2D eigenvalue weighted by Gasteiger charge is 2.25. The van der Waals surface area contributed by atoms with Crippen molar-refractivity contribution < 1.29 is 9.90 Å². The Balaban J connectivity index is 2.00. The van der Waals surface area contributed by atoms with Crippen molar-refractivity contribution in [3.63, 3.8) is 0 Å². The smallest absolute Gasteiger partial charge is 0.263 e. The molecule has 0 spiro atoms. The molecule has 18 heavy (non-hydrogen) atoms. The third kappa shape index (κ3) is 2.77. The van der Waals surface area contributed by atoms with Crippen molar-refractivity contribution >= 4 is 28.6 Å². The standard InChI is InChI=1S/C12H14N2O2S2/c1-8-10(18-7-14-8)11(15)13-6-12(2,16)9-3-4-17-5-9/h3-5,7,16H,6H2,1-2H3,(H,13,15). The van der Waals surface area contributed by atoms with E-state index >= 15 is 0 Å². The molecule has 2 aromatic heterocycles. The monoisotopic (exact) mass is 282 g/mol. The molecule has 0 radical (unpaired) electrons. The van der Waals surface area contributed by atoms with Gasteiger partial charge in [0.05, 0.1) is 17.7 Å². The number of carbonyl (C=O) groups is 1. The molecule has 4 nitrogen and oxygen atoms in total. The molecular formula is C12H14N2O2S2. The lowest BCUT2D eigenvalue weighted by Crippen LogP contribution is -2.38. The first-order chi connectivity index (χ1) is 8.50. The van der Waals surface area contributed by atoms with Gasteiger partial charge in [0, 0.05) is 0 Å². The summed E-state index contributed by atoms with van der Waals surface area (Å²) < 4.78 is 0. The summed E-state index contributed by atoms with van der Waals surface area (Å²) in [5.41, 5.74) is 2.12. The summed E-state index contributed by atoms with van der Waals surface area (Å²) in [5.74, 6) is -0.189. The number of thiophene rings is 1. The second-order valence-corrected chi connectivity index (χ2v) is 5.87. The van der Waals surface area contributed by atoms with E-state index in [0.717, 1.165) is 5.56 Å². The molecule has 1 unspecified atom stereocenters. The molecule has 0 saturated heterocycles. The maximum Gasteiger partial charge on any atom is 0.263 e. The fourth-order valence-electron chi connectivity index (χ4n) is 1.53. The van der Waals surface area contributed by atoms with Crippen LogP contribution in [0.5, 0.6) is 0 Å². The van der Waals surface area contributed by atoms with Gasteiger partial charge in [0.1, 0.15) is 10.5 Å². The third-order valence-corrected chi connectivity index (χ3v) is 4.30. The number of aliphatic hydroxyl groups is 1. The molecule has 0 aliphatic carbocycles. The maximum absolute atomic E-state index is 11.9. The van der Waals surface area contributed by atoms with Gasteiger partial charge in [-0.05, 0) is 36.2 Å². The molecule has 2 N–H and O–H groups in total. The molecule has 1 amide bonds. The predicted octanol–water partition coefficient (Wildman–Crippen LogP) is 2.15. The van der Waals surface area contributed by atoms with Crippen LogP contribution in [0.15, 0.2) is 22.3 Å². The number of aryl methyl sites for hydroxylation is 1. The number of aromatic nitrogens is 1. The van der Waals surface area contributed by atoms with Gasteiger partial charge >= 0.3 is 0 Å². The summed E-state index contributed by atoms with van der Waals surface area (Å²) in [5, 5.41) is 16.8. The van der Waals surface area contributed by atoms with E-state index in [1.807, 2.05) is 16.8 Å². The average Bonchev–Trinajstić information content (AvgIpc) is 2.96. The summed E-state index contributed by atoms with van der Waals surface area (Å²) >= 11 is 2.82. The quantitative estimate of drug-likeness (QED) is 0.903. The van der Waals surface area contributed by atoms with E-state index in [2.05, 4.69) is 10.3 Å². The molecule has 0 bridgehead atoms. The molecule has 0 aliphatic rings. The van der Waals surface area contributed by atoms with Gasteiger partial charge in [-0.2, -0.15) is 11.3 Å². The molecule has 2 rings (SSSR count). The lowest BCUT2D eigenvalue weighted by molar-refractivity contribution is 0.0531. The molecule has 0 fully saturated rings. The molecule has 96 valence electrons. The van der Waals surface area contributed by atoms with Crippen molar-refractivity contribution in [1.29, 1.82) is 0 Å². The van der Waals surface area contributed by atoms with Gasteiger partial charge in [0.2, 0.25) is 0 Å². The third-order valence-electron chi connectivity index (χ3n) is 2.69. The number of nitrogens with one attached hydrogen (secondary N) is 1. The Morgan fingerprint density at radius 2 is 2.39 bits per heavy atom. The van der Waals surface area contributed by atoms with Crippen molar-refractivity contribution in [3.8, 4) is 0 Å². The normalized spacial score (nSPS) is 14.2. The number of thiazole rings is 1. The van der Waals surface area contributed by atoms with Crippen molar-refractivity contribution in [2.75, 3.05) is 6.54 Å². The average molecular weight is 282 g/mol. The Bertz CT molecular complexity index is 532. The summed E-state index contributed by atoms with van der Waals surface area (Å²) in [6.07, 6.45) is 0. The van der Waals surface area contributed by atoms with Crippen LogP contribution < -0.4 is 5.32 Å². The molecule has 0 aliphatic heterocycles. The van der Waals surface area contributed by atoms with Gasteiger partial charge in [-0.25, -0.2) is 4.98 Å². The SMILES string of the molecule is Cc1ncsc1C(=O)NCC(C)(O)c1ccsc1. The van der Waals surface area contributed by atoms with Crippen LogP contribution >= 0.6 is 22.7 Å². The number of nitrogens with zero attached hydrogens (tertiary/aromatic N) is 1. The van der Waals surface area contributed by atoms with E-state index in [4.69, 9.17) is 0 Å². The van der Waals surface area contributed by atoms with Crippen LogP contribution in [0.2, 0.25) is 0 Å². The van der Waals surface area contributed by atoms with Crippen LogP contribution in [0.4, 0.5) is 0 Å². The van der Waals surface area contributed by atoms with Crippen LogP contribution in [0.3, 0.4) is 0 Å². The Hall–Kier alpha value is -1.24. The number of amides is 1. The van der Waals surface area contributed by atoms with Gasteiger partial charge < -0.3 is 10.4 Å². The van der Waals surface area contributed by atoms with E-state index in [9.17, 15) is 9.90 Å². The van der Waals surface area contributed by atoms with Crippen LogP contribution in [0.25, 0.3) is 0 Å². The second-order valence-electron chi connectivity index (χ2n) is 4.24.